The number of carbonyl (C=O) groups excluding carboxylic acids is 1. The first kappa shape index (κ1) is 13.2. The van der Waals surface area contributed by atoms with E-state index in [0.717, 1.165) is 18.2 Å². The summed E-state index contributed by atoms with van der Waals surface area (Å²) in [4.78, 5) is 13.2. The van der Waals surface area contributed by atoms with Crippen LogP contribution >= 0.6 is 0 Å². The van der Waals surface area contributed by atoms with Crippen LogP contribution < -0.4 is 0 Å². The maximum Gasteiger partial charge on any atom is 0.257 e. The zero-order valence-electron chi connectivity index (χ0n) is 10.5. The number of nitrogens with zero attached hydrogens (tertiary/aromatic N) is 2. The van der Waals surface area contributed by atoms with Gasteiger partial charge in [0.25, 0.3) is 5.91 Å². The molecule has 0 saturated heterocycles. The van der Waals surface area contributed by atoms with Crippen LogP contribution in [0.4, 0.5) is 8.78 Å². The second-order valence-corrected chi connectivity index (χ2v) is 4.21. The van der Waals surface area contributed by atoms with Crippen molar-refractivity contribution in [2.45, 2.75) is 13.5 Å². The summed E-state index contributed by atoms with van der Waals surface area (Å²) in [5.41, 5.74) is 0.243. The number of amides is 1. The third kappa shape index (κ3) is 2.96. The van der Waals surface area contributed by atoms with E-state index in [4.69, 9.17) is 4.52 Å². The predicted molar refractivity (Wildman–Crippen MR) is 63.4 cm³/mol. The molecule has 0 saturated carbocycles. The molecule has 4 nitrogen and oxygen atoms in total. The summed E-state index contributed by atoms with van der Waals surface area (Å²) in [6.45, 7) is 1.89. The highest BCUT2D eigenvalue weighted by Crippen LogP contribution is 2.13. The molecule has 0 radical (unpaired) electrons. The van der Waals surface area contributed by atoms with Crippen LogP contribution in [0.25, 0.3) is 0 Å². The first-order valence-corrected chi connectivity index (χ1v) is 5.60. The lowest BCUT2D eigenvalue weighted by Crippen LogP contribution is -2.27. The van der Waals surface area contributed by atoms with E-state index in [1.165, 1.54) is 11.9 Å². The second-order valence-electron chi connectivity index (χ2n) is 4.21. The molecule has 0 spiro atoms. The average molecular weight is 266 g/mol. The molecular weight excluding hydrogens is 254 g/mol. The average Bonchev–Trinajstić information content (AvgIpc) is 2.77. The van der Waals surface area contributed by atoms with E-state index >= 15 is 0 Å². The number of rotatable bonds is 3. The number of hydrogen-bond acceptors (Lipinski definition) is 3. The number of benzene rings is 1. The summed E-state index contributed by atoms with van der Waals surface area (Å²) >= 11 is 0. The largest absolute Gasteiger partial charge is 0.361 e. The van der Waals surface area contributed by atoms with E-state index in [2.05, 4.69) is 5.16 Å². The number of aryl methyl sites for hydroxylation is 1. The van der Waals surface area contributed by atoms with Crippen LogP contribution in [0.2, 0.25) is 0 Å². The molecule has 0 aliphatic heterocycles. The Kier molecular flexibility index (Phi) is 3.59. The van der Waals surface area contributed by atoms with Gasteiger partial charge in [-0.05, 0) is 25.1 Å². The Hall–Kier alpha value is -2.24. The lowest BCUT2D eigenvalue weighted by Gasteiger charge is -2.15. The Morgan fingerprint density at radius 1 is 1.37 bits per heavy atom. The molecule has 0 atom stereocenters. The molecule has 1 amide bonds. The van der Waals surface area contributed by atoms with E-state index in [1.54, 1.807) is 13.0 Å². The summed E-state index contributed by atoms with van der Waals surface area (Å²) in [6.07, 6.45) is 0. The SMILES string of the molecule is Cc1cc(CN(C)C(=O)c2cc(F)ccc2F)no1. The van der Waals surface area contributed by atoms with Gasteiger partial charge >= 0.3 is 0 Å². The number of aromatic nitrogens is 1. The van der Waals surface area contributed by atoms with Gasteiger partial charge < -0.3 is 9.42 Å². The molecule has 19 heavy (non-hydrogen) atoms. The van der Waals surface area contributed by atoms with E-state index in [0.29, 0.717) is 11.5 Å². The van der Waals surface area contributed by atoms with Crippen molar-refractivity contribution in [2.75, 3.05) is 7.05 Å². The zero-order chi connectivity index (χ0) is 14.0. The summed E-state index contributed by atoms with van der Waals surface area (Å²) in [5, 5.41) is 3.74. The van der Waals surface area contributed by atoms with Crippen molar-refractivity contribution >= 4 is 5.91 Å². The summed E-state index contributed by atoms with van der Waals surface area (Å²) in [7, 11) is 1.48. The van der Waals surface area contributed by atoms with Gasteiger partial charge in [-0.3, -0.25) is 4.79 Å². The lowest BCUT2D eigenvalue weighted by atomic mass is 10.2. The number of hydrogen-bond donors (Lipinski definition) is 0. The fourth-order valence-corrected chi connectivity index (χ4v) is 1.67. The second kappa shape index (κ2) is 5.17. The fourth-order valence-electron chi connectivity index (χ4n) is 1.67. The number of halogens is 2. The van der Waals surface area contributed by atoms with Crippen molar-refractivity contribution in [3.63, 3.8) is 0 Å². The van der Waals surface area contributed by atoms with Crippen molar-refractivity contribution in [2.24, 2.45) is 0 Å². The Morgan fingerprint density at radius 2 is 2.11 bits per heavy atom. The van der Waals surface area contributed by atoms with Crippen LogP contribution in [0.5, 0.6) is 0 Å². The highest BCUT2D eigenvalue weighted by molar-refractivity contribution is 5.94. The van der Waals surface area contributed by atoms with E-state index in [-0.39, 0.29) is 12.1 Å². The van der Waals surface area contributed by atoms with E-state index in [1.807, 2.05) is 0 Å². The molecule has 1 heterocycles. The molecular formula is C13H12F2N2O2. The highest BCUT2D eigenvalue weighted by atomic mass is 19.1. The first-order valence-electron chi connectivity index (χ1n) is 5.60. The Labute approximate surface area is 108 Å². The highest BCUT2D eigenvalue weighted by Gasteiger charge is 2.18. The van der Waals surface area contributed by atoms with Crippen molar-refractivity contribution < 1.29 is 18.1 Å². The maximum atomic E-state index is 13.5. The standard InChI is InChI=1S/C13H12F2N2O2/c1-8-5-10(16-19-8)7-17(2)13(18)11-6-9(14)3-4-12(11)15/h3-6H,7H2,1-2H3. The number of carbonyl (C=O) groups is 1. The molecule has 0 unspecified atom stereocenters. The lowest BCUT2D eigenvalue weighted by molar-refractivity contribution is 0.0777. The van der Waals surface area contributed by atoms with Gasteiger partial charge in [0.1, 0.15) is 23.1 Å². The summed E-state index contributed by atoms with van der Waals surface area (Å²) in [5.74, 6) is -1.41. The van der Waals surface area contributed by atoms with Crippen molar-refractivity contribution in [3.8, 4) is 0 Å². The minimum atomic E-state index is -0.755. The van der Waals surface area contributed by atoms with Gasteiger partial charge in [-0.2, -0.15) is 0 Å². The summed E-state index contributed by atoms with van der Waals surface area (Å²) in [6, 6.07) is 4.44. The molecule has 0 aliphatic carbocycles. The Bertz CT molecular complexity index is 610. The monoisotopic (exact) mass is 266 g/mol. The topological polar surface area (TPSA) is 46.3 Å². The van der Waals surface area contributed by atoms with Crippen LogP contribution in [0, 0.1) is 18.6 Å². The van der Waals surface area contributed by atoms with Crippen molar-refractivity contribution in [1.29, 1.82) is 0 Å². The van der Waals surface area contributed by atoms with Crippen molar-refractivity contribution in [1.82, 2.24) is 10.1 Å². The molecule has 1 aromatic heterocycles. The third-order valence-electron chi connectivity index (χ3n) is 2.58. The molecule has 1 aromatic carbocycles. The Balaban J connectivity index is 2.16. The molecule has 100 valence electrons. The molecule has 0 aliphatic rings. The first-order chi connectivity index (χ1) is 8.97. The molecule has 0 bridgehead atoms. The maximum absolute atomic E-state index is 13.5. The minimum Gasteiger partial charge on any atom is -0.361 e. The van der Waals surface area contributed by atoms with Crippen LogP contribution in [-0.2, 0) is 6.54 Å². The molecule has 0 fully saturated rings. The van der Waals surface area contributed by atoms with E-state index in [9.17, 15) is 13.6 Å². The van der Waals surface area contributed by atoms with E-state index < -0.39 is 17.5 Å². The fraction of sp³-hybridized carbons (Fsp3) is 0.231. The quantitative estimate of drug-likeness (QED) is 0.857. The molecule has 6 heteroatoms. The van der Waals surface area contributed by atoms with Crippen LogP contribution in [0.15, 0.2) is 28.8 Å². The Morgan fingerprint density at radius 3 is 2.74 bits per heavy atom. The zero-order valence-corrected chi connectivity index (χ0v) is 10.5. The van der Waals surface area contributed by atoms with Crippen LogP contribution in [0.3, 0.4) is 0 Å². The van der Waals surface area contributed by atoms with Gasteiger partial charge in [0.2, 0.25) is 0 Å². The smallest absolute Gasteiger partial charge is 0.257 e. The van der Waals surface area contributed by atoms with Gasteiger partial charge in [0.15, 0.2) is 0 Å². The predicted octanol–water partition coefficient (Wildman–Crippen LogP) is 2.53. The van der Waals surface area contributed by atoms with Gasteiger partial charge in [0, 0.05) is 13.1 Å². The minimum absolute atomic E-state index is 0.159. The van der Waals surface area contributed by atoms with Crippen molar-refractivity contribution in [3.05, 3.63) is 52.9 Å². The van der Waals surface area contributed by atoms with Crippen LogP contribution in [-0.4, -0.2) is 23.0 Å². The normalized spacial score (nSPS) is 10.5. The van der Waals surface area contributed by atoms with Crippen LogP contribution in [0.1, 0.15) is 21.8 Å². The third-order valence-corrected chi connectivity index (χ3v) is 2.58. The van der Waals surface area contributed by atoms with Gasteiger partial charge in [-0.25, -0.2) is 8.78 Å². The molecule has 2 rings (SSSR count). The van der Waals surface area contributed by atoms with Gasteiger partial charge in [-0.15, -0.1) is 0 Å². The van der Waals surface area contributed by atoms with Gasteiger partial charge in [-0.1, -0.05) is 5.16 Å². The molecule has 2 aromatic rings. The molecule has 0 N–H and O–H groups in total. The van der Waals surface area contributed by atoms with Gasteiger partial charge in [0.05, 0.1) is 12.1 Å². The summed E-state index contributed by atoms with van der Waals surface area (Å²) < 4.78 is 31.4.